The van der Waals surface area contributed by atoms with E-state index in [1.165, 1.54) is 0 Å². The van der Waals surface area contributed by atoms with E-state index in [0.29, 0.717) is 24.1 Å². The van der Waals surface area contributed by atoms with Crippen molar-refractivity contribution in [2.24, 2.45) is 0 Å². The molecule has 0 aliphatic carbocycles. The van der Waals surface area contributed by atoms with Gasteiger partial charge in [-0.3, -0.25) is 0 Å². The van der Waals surface area contributed by atoms with Gasteiger partial charge in [0, 0.05) is 58.9 Å². The molecule has 0 fully saturated rings. The van der Waals surface area contributed by atoms with Gasteiger partial charge in [0.2, 0.25) is 0 Å². The normalized spacial score (nSPS) is 10.9. The Kier molecular flexibility index (Phi) is 14.6. The van der Waals surface area contributed by atoms with Crippen LogP contribution < -0.4 is 0 Å². The Bertz CT molecular complexity index is 233. The molecule has 19 heavy (non-hydrogen) atoms. The zero-order valence-electron chi connectivity index (χ0n) is 12.4. The van der Waals surface area contributed by atoms with Gasteiger partial charge in [0.1, 0.15) is 0 Å². The molecule has 4 nitrogen and oxygen atoms in total. The summed E-state index contributed by atoms with van der Waals surface area (Å²) in [5, 5.41) is 0. The number of rotatable bonds is 10. The van der Waals surface area contributed by atoms with Gasteiger partial charge in [-0.1, -0.05) is 4.32 Å². The molecule has 0 amide bonds. The van der Waals surface area contributed by atoms with Gasteiger partial charge < -0.3 is 43.0 Å². The molecule has 110 valence electrons. The van der Waals surface area contributed by atoms with Gasteiger partial charge >= 0.3 is 8.80 Å². The van der Waals surface area contributed by atoms with E-state index in [-0.39, 0.29) is 19.5 Å². The van der Waals surface area contributed by atoms with Gasteiger partial charge in [0.15, 0.2) is 0 Å². The van der Waals surface area contributed by atoms with Crippen LogP contribution >= 0.6 is 12.2 Å². The molecule has 0 spiro atoms. The Hall–Kier alpha value is 0.830. The molecular formula is C11H24NO3S2SiZn-. The molecule has 0 bridgehead atoms. The van der Waals surface area contributed by atoms with Gasteiger partial charge in [-0.25, -0.2) is 0 Å². The van der Waals surface area contributed by atoms with Crippen molar-refractivity contribution < 1.29 is 32.8 Å². The third-order valence-electron chi connectivity index (χ3n) is 2.38. The maximum atomic E-state index is 5.77. The van der Waals surface area contributed by atoms with E-state index in [0.717, 1.165) is 19.0 Å². The van der Waals surface area contributed by atoms with E-state index < -0.39 is 8.80 Å². The zero-order valence-corrected chi connectivity index (χ0v) is 18.0. The van der Waals surface area contributed by atoms with E-state index >= 15 is 0 Å². The monoisotopic (exact) mass is 374 g/mol. The first kappa shape index (κ1) is 22.1. The van der Waals surface area contributed by atoms with Crippen molar-refractivity contribution in [2.75, 3.05) is 33.4 Å². The summed E-state index contributed by atoms with van der Waals surface area (Å²) in [7, 11) is -0.598. The molecule has 0 radical (unpaired) electrons. The summed E-state index contributed by atoms with van der Waals surface area (Å²) < 4.78 is 17.8. The molecular weight excluding hydrogens is 352 g/mol. The average molecular weight is 376 g/mol. The first-order valence-corrected chi connectivity index (χ1v) is 9.10. The van der Waals surface area contributed by atoms with Crippen LogP contribution in [0, 0.1) is 0 Å². The zero-order chi connectivity index (χ0) is 14.0. The first-order valence-electron chi connectivity index (χ1n) is 6.35. The smallest absolute Gasteiger partial charge is 0.411 e. The largest absolute Gasteiger partial charge is 0.500 e. The third kappa shape index (κ3) is 9.39. The summed E-state index contributed by atoms with van der Waals surface area (Å²) in [5.74, 6) is 0. The second-order valence-corrected chi connectivity index (χ2v) is 7.54. The average Bonchev–Trinajstić information content (AvgIpc) is 2.29. The van der Waals surface area contributed by atoms with Crippen LogP contribution in [0.4, 0.5) is 0 Å². The summed E-state index contributed by atoms with van der Waals surface area (Å²) in [6.07, 6.45) is 0.902. The molecule has 0 aliphatic heterocycles. The summed E-state index contributed by atoms with van der Waals surface area (Å²) >= 11 is 9.87. The predicted molar refractivity (Wildman–Crippen MR) is 82.6 cm³/mol. The van der Waals surface area contributed by atoms with Gasteiger partial charge in [-0.15, -0.1) is 0 Å². The molecule has 0 unspecified atom stereocenters. The summed E-state index contributed by atoms with van der Waals surface area (Å²) in [6.45, 7) is 8.54. The third-order valence-corrected chi connectivity index (χ3v) is 6.16. The van der Waals surface area contributed by atoms with Crippen molar-refractivity contribution in [1.82, 2.24) is 4.90 Å². The van der Waals surface area contributed by atoms with Crippen molar-refractivity contribution in [2.45, 2.75) is 33.2 Å². The van der Waals surface area contributed by atoms with Crippen LogP contribution in [0.3, 0.4) is 0 Å². The maximum absolute atomic E-state index is 5.77. The van der Waals surface area contributed by atoms with Crippen LogP contribution in [0.25, 0.3) is 0 Å². The van der Waals surface area contributed by atoms with Crippen molar-refractivity contribution in [3.8, 4) is 0 Å². The maximum Gasteiger partial charge on any atom is 0.500 e. The van der Waals surface area contributed by atoms with Gasteiger partial charge in [0.25, 0.3) is 0 Å². The van der Waals surface area contributed by atoms with Crippen molar-refractivity contribution in [3.05, 3.63) is 0 Å². The molecule has 8 heteroatoms. The minimum atomic E-state index is -2.50. The van der Waals surface area contributed by atoms with E-state index in [1.807, 2.05) is 32.7 Å². The Labute approximate surface area is 142 Å². The minimum Gasteiger partial charge on any atom is -0.411 e. The van der Waals surface area contributed by atoms with Crippen LogP contribution in [0.5, 0.6) is 0 Å². The van der Waals surface area contributed by atoms with Crippen molar-refractivity contribution in [1.29, 1.82) is 0 Å². The number of nitrogens with zero attached hydrogens (tertiary/aromatic N) is 1. The van der Waals surface area contributed by atoms with E-state index in [1.54, 1.807) is 0 Å². The number of hydrogen-bond donors (Lipinski definition) is 0. The fraction of sp³-hybridized carbons (Fsp3) is 0.909. The second kappa shape index (κ2) is 12.6. The molecule has 0 N–H and O–H groups in total. The summed E-state index contributed by atoms with van der Waals surface area (Å²) in [5.41, 5.74) is 0. The van der Waals surface area contributed by atoms with Crippen molar-refractivity contribution >= 4 is 38.0 Å². The first-order chi connectivity index (χ1) is 8.51. The topological polar surface area (TPSA) is 30.9 Å². The van der Waals surface area contributed by atoms with Gasteiger partial charge in [0.05, 0.1) is 0 Å². The Morgan fingerprint density at radius 2 is 1.53 bits per heavy atom. The van der Waals surface area contributed by atoms with E-state index in [2.05, 4.69) is 0 Å². The van der Waals surface area contributed by atoms with Gasteiger partial charge in [-0.2, -0.15) is 0 Å². The van der Waals surface area contributed by atoms with Crippen molar-refractivity contribution in [3.63, 3.8) is 0 Å². The second-order valence-electron chi connectivity index (χ2n) is 3.77. The molecule has 0 saturated carbocycles. The SMILES string of the molecule is CCO[Si](CCCN(C)C(=S)[S-])(OCC)OCC.[Zn]. The predicted octanol–water partition coefficient (Wildman–Crippen LogP) is 2.19. The molecule has 0 aromatic carbocycles. The Balaban J connectivity index is 0. The Morgan fingerprint density at radius 3 is 1.84 bits per heavy atom. The number of thiocarbonyl (C=S) groups is 1. The van der Waals surface area contributed by atoms with E-state index in [4.69, 9.17) is 38.1 Å². The minimum absolute atomic E-state index is 0. The molecule has 0 atom stereocenters. The molecule has 0 heterocycles. The Morgan fingerprint density at radius 1 is 1.11 bits per heavy atom. The molecule has 0 aliphatic rings. The number of hydrogen-bond acceptors (Lipinski definition) is 5. The van der Waals surface area contributed by atoms with Crippen LogP contribution in [0.1, 0.15) is 27.2 Å². The summed E-state index contributed by atoms with van der Waals surface area (Å²) in [4.78, 5) is 1.88. The fourth-order valence-electron chi connectivity index (χ4n) is 1.63. The summed E-state index contributed by atoms with van der Waals surface area (Å²) in [6, 6.07) is 0.796. The van der Waals surface area contributed by atoms with Crippen LogP contribution in [-0.4, -0.2) is 51.4 Å². The molecule has 0 rings (SSSR count). The fourth-order valence-corrected chi connectivity index (χ4v) is 4.40. The standard InChI is InChI=1S/C11H25NO3S2Si.Zn/c1-5-13-18(14-6-2,15-7-3)10-8-9-12(4)11(16)17;/h5-10H2,1-4H3,(H,16,17);/p-1. The van der Waals surface area contributed by atoms with Crippen LogP contribution in [0.15, 0.2) is 0 Å². The molecule has 0 aromatic rings. The quantitative estimate of drug-likeness (QED) is 0.330. The van der Waals surface area contributed by atoms with Crippen LogP contribution in [-0.2, 0) is 45.4 Å². The van der Waals surface area contributed by atoms with Gasteiger partial charge in [-0.05, 0) is 27.2 Å². The molecule has 0 aromatic heterocycles. The molecule has 0 saturated heterocycles. The van der Waals surface area contributed by atoms with Crippen LogP contribution in [0.2, 0.25) is 6.04 Å². The van der Waals surface area contributed by atoms with E-state index in [9.17, 15) is 0 Å².